The van der Waals surface area contributed by atoms with Crippen LogP contribution in [0.2, 0.25) is 5.02 Å². The van der Waals surface area contributed by atoms with Gasteiger partial charge in [-0.1, -0.05) is 11.6 Å². The van der Waals surface area contributed by atoms with E-state index in [1.165, 1.54) is 36.8 Å². The molecular formula is C26H23ClF2N4O3. The minimum Gasteiger partial charge on any atom is -0.497 e. The Morgan fingerprint density at radius 2 is 1.75 bits per heavy atom. The zero-order chi connectivity index (χ0) is 25.7. The fourth-order valence-electron chi connectivity index (χ4n) is 3.39. The van der Waals surface area contributed by atoms with E-state index < -0.39 is 11.6 Å². The van der Waals surface area contributed by atoms with Crippen LogP contribution in [0.3, 0.4) is 0 Å². The summed E-state index contributed by atoms with van der Waals surface area (Å²) < 4.78 is 45.9. The Morgan fingerprint density at radius 3 is 2.50 bits per heavy atom. The average molecular weight is 513 g/mol. The summed E-state index contributed by atoms with van der Waals surface area (Å²) in [6.45, 7) is 2.01. The quantitative estimate of drug-likeness (QED) is 0.253. The summed E-state index contributed by atoms with van der Waals surface area (Å²) in [5, 5.41) is 6.22. The van der Waals surface area contributed by atoms with Crippen LogP contribution in [-0.2, 0) is 6.54 Å². The molecule has 2 aromatic heterocycles. The topological polar surface area (TPSA) is 77.5 Å². The van der Waals surface area contributed by atoms with E-state index in [1.807, 2.05) is 6.07 Å². The van der Waals surface area contributed by atoms with Gasteiger partial charge in [0.05, 0.1) is 38.0 Å². The van der Waals surface area contributed by atoms with Crippen molar-refractivity contribution in [3.05, 3.63) is 88.8 Å². The SMILES string of the molecule is COc1ccc(CNc2nccc(Oc3cncc(Nc4ccc(Cl)cc4F)c3C)c2F)c(OC)c1. The zero-order valence-corrected chi connectivity index (χ0v) is 20.5. The summed E-state index contributed by atoms with van der Waals surface area (Å²) in [6, 6.07) is 11.0. The highest BCUT2D eigenvalue weighted by Crippen LogP contribution is 2.34. The first-order valence-corrected chi connectivity index (χ1v) is 11.2. The second-order valence-electron chi connectivity index (χ2n) is 7.66. The molecule has 2 N–H and O–H groups in total. The Bertz CT molecular complexity index is 1390. The number of hydrogen-bond donors (Lipinski definition) is 2. The summed E-state index contributed by atoms with van der Waals surface area (Å²) in [4.78, 5) is 8.22. The Kier molecular flexibility index (Phi) is 7.70. The van der Waals surface area contributed by atoms with Gasteiger partial charge < -0.3 is 24.8 Å². The Labute approximate surface area is 212 Å². The first kappa shape index (κ1) is 25.0. The third kappa shape index (κ3) is 5.58. The van der Waals surface area contributed by atoms with Gasteiger partial charge in [-0.05, 0) is 37.3 Å². The molecule has 0 amide bonds. The number of halogens is 3. The van der Waals surface area contributed by atoms with Crippen molar-refractivity contribution in [3.63, 3.8) is 0 Å². The molecule has 2 heterocycles. The monoisotopic (exact) mass is 512 g/mol. The van der Waals surface area contributed by atoms with Crippen molar-refractivity contribution in [1.82, 2.24) is 9.97 Å². The second kappa shape index (κ2) is 11.1. The van der Waals surface area contributed by atoms with Crippen LogP contribution in [-0.4, -0.2) is 24.2 Å². The largest absolute Gasteiger partial charge is 0.497 e. The number of nitrogens with one attached hydrogen (secondary N) is 2. The summed E-state index contributed by atoms with van der Waals surface area (Å²) >= 11 is 5.82. The molecule has 4 rings (SSSR count). The molecule has 2 aromatic carbocycles. The van der Waals surface area contributed by atoms with Crippen LogP contribution >= 0.6 is 11.6 Å². The van der Waals surface area contributed by atoms with Crippen LogP contribution in [0.15, 0.2) is 61.1 Å². The lowest BCUT2D eigenvalue weighted by molar-refractivity contribution is 0.391. The minimum atomic E-state index is -0.675. The third-order valence-corrected chi connectivity index (χ3v) is 5.62. The molecular weight excluding hydrogens is 490 g/mol. The number of anilines is 3. The predicted octanol–water partition coefficient (Wildman–Crippen LogP) is 6.88. The summed E-state index contributed by atoms with van der Waals surface area (Å²) in [5.74, 6) is 0.307. The number of rotatable bonds is 9. The molecule has 0 unspecified atom stereocenters. The van der Waals surface area contributed by atoms with Gasteiger partial charge in [0.15, 0.2) is 17.3 Å². The van der Waals surface area contributed by atoms with Gasteiger partial charge in [0.1, 0.15) is 17.3 Å². The minimum absolute atomic E-state index is 0.00787. The third-order valence-electron chi connectivity index (χ3n) is 5.38. The van der Waals surface area contributed by atoms with E-state index in [1.54, 1.807) is 39.3 Å². The van der Waals surface area contributed by atoms with Gasteiger partial charge in [0.25, 0.3) is 0 Å². The second-order valence-corrected chi connectivity index (χ2v) is 8.10. The molecule has 186 valence electrons. The smallest absolute Gasteiger partial charge is 0.207 e. The number of hydrogen-bond acceptors (Lipinski definition) is 7. The number of benzene rings is 2. The Morgan fingerprint density at radius 1 is 0.917 bits per heavy atom. The van der Waals surface area contributed by atoms with E-state index in [9.17, 15) is 4.39 Å². The van der Waals surface area contributed by atoms with E-state index in [4.69, 9.17) is 25.8 Å². The van der Waals surface area contributed by atoms with E-state index in [2.05, 4.69) is 20.6 Å². The van der Waals surface area contributed by atoms with Gasteiger partial charge in [-0.15, -0.1) is 0 Å². The van der Waals surface area contributed by atoms with Gasteiger partial charge in [0, 0.05) is 41.0 Å². The zero-order valence-electron chi connectivity index (χ0n) is 19.7. The molecule has 0 radical (unpaired) electrons. The number of pyridine rings is 2. The highest BCUT2D eigenvalue weighted by Gasteiger charge is 2.16. The van der Waals surface area contributed by atoms with Crippen molar-refractivity contribution in [2.75, 3.05) is 24.9 Å². The van der Waals surface area contributed by atoms with Gasteiger partial charge in [0.2, 0.25) is 5.82 Å². The molecule has 36 heavy (non-hydrogen) atoms. The lowest BCUT2D eigenvalue weighted by Gasteiger charge is -2.15. The Balaban J connectivity index is 1.52. The molecule has 0 aliphatic carbocycles. The van der Waals surface area contributed by atoms with Crippen LogP contribution in [0.1, 0.15) is 11.1 Å². The highest BCUT2D eigenvalue weighted by atomic mass is 35.5. The van der Waals surface area contributed by atoms with Gasteiger partial charge in [-0.3, -0.25) is 4.98 Å². The first-order valence-electron chi connectivity index (χ1n) is 10.8. The molecule has 0 saturated carbocycles. The number of ether oxygens (including phenoxy) is 3. The maximum absolute atomic E-state index is 15.2. The van der Waals surface area contributed by atoms with E-state index in [0.29, 0.717) is 28.5 Å². The standard InChI is InChI=1S/C26H23ClF2N4O3/c1-15-21(33-20-7-5-17(27)10-19(20)28)13-30-14-24(15)36-22-8-9-31-26(25(22)29)32-12-16-4-6-18(34-2)11-23(16)35-3/h4-11,13-14,33H,12H2,1-3H3,(H,31,32). The average Bonchev–Trinajstić information content (AvgIpc) is 2.88. The summed E-state index contributed by atoms with van der Waals surface area (Å²) in [7, 11) is 3.11. The van der Waals surface area contributed by atoms with Crippen molar-refractivity contribution in [2.24, 2.45) is 0 Å². The van der Waals surface area contributed by atoms with Gasteiger partial charge in [-0.2, -0.15) is 4.39 Å². The van der Waals surface area contributed by atoms with Crippen molar-refractivity contribution in [3.8, 4) is 23.0 Å². The molecule has 0 saturated heterocycles. The van der Waals surface area contributed by atoms with E-state index in [0.717, 1.165) is 5.56 Å². The van der Waals surface area contributed by atoms with Crippen LogP contribution in [0.5, 0.6) is 23.0 Å². The normalized spacial score (nSPS) is 10.6. The van der Waals surface area contributed by atoms with Crippen molar-refractivity contribution in [2.45, 2.75) is 13.5 Å². The molecule has 0 fully saturated rings. The van der Waals surface area contributed by atoms with Crippen LogP contribution in [0.4, 0.5) is 26.0 Å². The maximum Gasteiger partial charge on any atom is 0.207 e. The van der Waals surface area contributed by atoms with Crippen molar-refractivity contribution in [1.29, 1.82) is 0 Å². The highest BCUT2D eigenvalue weighted by molar-refractivity contribution is 6.30. The molecule has 7 nitrogen and oxygen atoms in total. The van der Waals surface area contributed by atoms with Gasteiger partial charge >= 0.3 is 0 Å². The molecule has 10 heteroatoms. The first-order chi connectivity index (χ1) is 17.4. The molecule has 4 aromatic rings. The summed E-state index contributed by atoms with van der Waals surface area (Å²) in [6.07, 6.45) is 4.41. The Hall–Kier alpha value is -4.11. The maximum atomic E-state index is 15.2. The predicted molar refractivity (Wildman–Crippen MR) is 135 cm³/mol. The van der Waals surface area contributed by atoms with E-state index in [-0.39, 0.29) is 28.8 Å². The van der Waals surface area contributed by atoms with Crippen LogP contribution in [0, 0.1) is 18.6 Å². The summed E-state index contributed by atoms with van der Waals surface area (Å²) in [5.41, 5.74) is 2.11. The molecule has 0 spiro atoms. The van der Waals surface area contributed by atoms with Crippen molar-refractivity contribution < 1.29 is 23.0 Å². The van der Waals surface area contributed by atoms with Crippen LogP contribution in [0.25, 0.3) is 0 Å². The van der Waals surface area contributed by atoms with E-state index >= 15 is 4.39 Å². The van der Waals surface area contributed by atoms with Crippen LogP contribution < -0.4 is 24.8 Å². The number of methoxy groups -OCH3 is 2. The number of nitrogens with zero attached hydrogens (tertiary/aromatic N) is 2. The fraction of sp³-hybridized carbons (Fsp3) is 0.154. The molecule has 0 aliphatic rings. The molecule has 0 atom stereocenters. The molecule has 0 bridgehead atoms. The molecule has 0 aliphatic heterocycles. The fourth-order valence-corrected chi connectivity index (χ4v) is 3.55. The van der Waals surface area contributed by atoms with Gasteiger partial charge in [-0.25, -0.2) is 9.37 Å². The van der Waals surface area contributed by atoms with Crippen molar-refractivity contribution >= 4 is 28.8 Å². The number of aromatic nitrogens is 2. The lowest BCUT2D eigenvalue weighted by atomic mass is 10.2. The lowest BCUT2D eigenvalue weighted by Crippen LogP contribution is -2.06.